The number of allylic oxidation sites excluding steroid dienone is 1. The third kappa shape index (κ3) is 2.36. The molecule has 0 aliphatic rings. The molecule has 0 amide bonds. The lowest BCUT2D eigenvalue weighted by Crippen LogP contribution is -2.03. The Labute approximate surface area is 80.3 Å². The summed E-state index contributed by atoms with van der Waals surface area (Å²) in [6.45, 7) is 0. The molecule has 0 saturated carbocycles. The van der Waals surface area contributed by atoms with Crippen LogP contribution in [0.5, 0.6) is 0 Å². The fraction of sp³-hybridized carbons (Fsp3) is 0. The molecule has 0 heterocycles. The Bertz CT molecular complexity index is 320. The molecule has 1 nitrogen and oxygen atoms in total. The lowest BCUT2D eigenvalue weighted by molar-refractivity contribution is -0.104. The molecule has 0 fully saturated rings. The van der Waals surface area contributed by atoms with Gasteiger partial charge < -0.3 is 0 Å². The van der Waals surface area contributed by atoms with E-state index in [-0.39, 0.29) is 0 Å². The molecule has 59 valence electrons. The number of benzene rings is 1. The smallest absolute Gasteiger partial charge is 0.142 e. The highest BCUT2D eigenvalue weighted by atomic mass is 32.1. The van der Waals surface area contributed by atoms with Gasteiger partial charge in [0.15, 0.2) is 0 Å². The van der Waals surface area contributed by atoms with Gasteiger partial charge in [-0.2, -0.15) is 0 Å². The van der Waals surface area contributed by atoms with Gasteiger partial charge in [-0.25, -0.2) is 0 Å². The topological polar surface area (TPSA) is 17.1 Å². The highest BCUT2D eigenvalue weighted by Gasteiger charge is 1.92. The first-order valence-electron chi connectivity index (χ1n) is 3.40. The highest BCUT2D eigenvalue weighted by Crippen LogP contribution is 2.07. The summed E-state index contributed by atoms with van der Waals surface area (Å²) in [4.78, 5) is 10.9. The van der Waals surface area contributed by atoms with Crippen molar-refractivity contribution in [2.24, 2.45) is 0 Å². The molecule has 0 aromatic heterocycles. The fourth-order valence-corrected chi connectivity index (χ4v) is 1.18. The summed E-state index contributed by atoms with van der Waals surface area (Å²) in [6.07, 6.45) is 3.94. The first kappa shape index (κ1) is 9.29. The van der Waals surface area contributed by atoms with Crippen molar-refractivity contribution in [1.29, 1.82) is 0 Å². The normalized spacial score (nSPS) is 10.5. The predicted octanol–water partition coefficient (Wildman–Crippen LogP) is 0.981. The third-order valence-corrected chi connectivity index (χ3v) is 2.41. The monoisotopic (exact) mass is 191 g/mol. The van der Waals surface area contributed by atoms with Gasteiger partial charge >= 0.3 is 0 Å². The van der Waals surface area contributed by atoms with Crippen LogP contribution >= 0.6 is 12.6 Å². The molecule has 1 rings (SSSR count). The minimum absolute atomic E-state index is 0.750. The van der Waals surface area contributed by atoms with Crippen LogP contribution in [0, 0.1) is 0 Å². The number of hydrogen-bond acceptors (Lipinski definition) is 2. The number of hydrogen-bond donors (Lipinski definition) is 1. The van der Waals surface area contributed by atoms with E-state index in [4.69, 9.17) is 0 Å². The van der Waals surface area contributed by atoms with Crippen LogP contribution in [0.4, 0.5) is 0 Å². The zero-order chi connectivity index (χ0) is 8.97. The van der Waals surface area contributed by atoms with Gasteiger partial charge in [-0.1, -0.05) is 23.4 Å². The van der Waals surface area contributed by atoms with Crippen LogP contribution in [0.2, 0.25) is 0 Å². The van der Waals surface area contributed by atoms with Crippen LogP contribution in [-0.4, -0.2) is 16.5 Å². The minimum Gasteiger partial charge on any atom is -0.299 e. The van der Waals surface area contributed by atoms with E-state index in [0.29, 0.717) is 0 Å². The third-order valence-electron chi connectivity index (χ3n) is 1.39. The Morgan fingerprint density at radius 3 is 2.75 bits per heavy atom. The average molecular weight is 191 g/mol. The van der Waals surface area contributed by atoms with Crippen LogP contribution in [0.15, 0.2) is 29.2 Å². The number of carbonyl (C=O) groups excluding carboxylic acids is 1. The number of rotatable bonds is 2. The van der Waals surface area contributed by atoms with E-state index in [1.165, 1.54) is 6.08 Å². The second kappa shape index (κ2) is 4.28. The van der Waals surface area contributed by atoms with Crippen LogP contribution < -0.4 is 5.19 Å². The maximum absolute atomic E-state index is 10.0. The molecular weight excluding hydrogens is 184 g/mol. The Morgan fingerprint density at radius 2 is 2.17 bits per heavy atom. The Hall–Kier alpha value is -0.803. The zero-order valence-corrected chi connectivity index (χ0v) is 8.21. The van der Waals surface area contributed by atoms with Gasteiger partial charge in [-0.15, -0.1) is 12.6 Å². The molecule has 0 saturated heterocycles. The zero-order valence-electron chi connectivity index (χ0n) is 6.32. The minimum atomic E-state index is 0.750. The van der Waals surface area contributed by atoms with Gasteiger partial charge in [0, 0.05) is 4.90 Å². The number of carbonyl (C=O) groups is 1. The standard InChI is InChI=1S/C9H7OSSi/c10-5-1-2-7-3-4-9(12)8(11)6-7/h1-6,11H/b2-1+. The van der Waals surface area contributed by atoms with Crippen molar-refractivity contribution in [2.45, 2.75) is 4.90 Å². The molecular formula is C9H7OSSi. The Kier molecular flexibility index (Phi) is 3.31. The van der Waals surface area contributed by atoms with Crippen molar-refractivity contribution >= 4 is 40.4 Å². The van der Waals surface area contributed by atoms with Crippen LogP contribution in [0.1, 0.15) is 5.56 Å². The summed E-state index contributed by atoms with van der Waals surface area (Å²) in [7, 11) is 3.38. The van der Waals surface area contributed by atoms with Crippen molar-refractivity contribution in [3.63, 3.8) is 0 Å². The lowest BCUT2D eigenvalue weighted by Gasteiger charge is -1.98. The van der Waals surface area contributed by atoms with Crippen LogP contribution in [0.25, 0.3) is 6.08 Å². The van der Waals surface area contributed by atoms with Gasteiger partial charge in [0.05, 0.1) is 10.2 Å². The van der Waals surface area contributed by atoms with Crippen molar-refractivity contribution in [2.75, 3.05) is 0 Å². The molecule has 0 spiro atoms. The van der Waals surface area contributed by atoms with Crippen molar-refractivity contribution < 1.29 is 4.79 Å². The Morgan fingerprint density at radius 1 is 1.42 bits per heavy atom. The number of thiol groups is 1. The number of aldehydes is 1. The van der Waals surface area contributed by atoms with Crippen molar-refractivity contribution in [3.8, 4) is 0 Å². The average Bonchev–Trinajstić information content (AvgIpc) is 2.07. The van der Waals surface area contributed by atoms with Gasteiger partial charge in [-0.05, 0) is 17.7 Å². The van der Waals surface area contributed by atoms with E-state index < -0.39 is 0 Å². The quantitative estimate of drug-likeness (QED) is 0.319. The summed E-state index contributed by atoms with van der Waals surface area (Å²) in [6, 6.07) is 5.68. The largest absolute Gasteiger partial charge is 0.299 e. The summed E-state index contributed by atoms with van der Waals surface area (Å²) in [5, 5.41) is 0.946. The first-order chi connectivity index (χ1) is 5.74. The molecule has 0 aliphatic heterocycles. The molecule has 0 unspecified atom stereocenters. The van der Waals surface area contributed by atoms with Gasteiger partial charge in [0.1, 0.15) is 6.29 Å². The van der Waals surface area contributed by atoms with Crippen LogP contribution in [0.3, 0.4) is 0 Å². The van der Waals surface area contributed by atoms with Crippen LogP contribution in [-0.2, 0) is 4.79 Å². The SMILES string of the molecule is O=C/C=C/c1ccc([Si])c(S)c1. The molecule has 1 aromatic rings. The molecule has 0 bridgehead atoms. The van der Waals surface area contributed by atoms with E-state index in [1.54, 1.807) is 6.08 Å². The summed E-state index contributed by atoms with van der Waals surface area (Å²) in [5.74, 6) is 0. The van der Waals surface area contributed by atoms with E-state index in [0.717, 1.165) is 21.9 Å². The van der Waals surface area contributed by atoms with E-state index >= 15 is 0 Å². The molecule has 0 N–H and O–H groups in total. The second-order valence-corrected chi connectivity index (χ2v) is 3.29. The maximum atomic E-state index is 10.0. The summed E-state index contributed by atoms with van der Waals surface area (Å²) >= 11 is 4.22. The Balaban J connectivity index is 2.96. The van der Waals surface area contributed by atoms with Crippen molar-refractivity contribution in [3.05, 3.63) is 29.8 Å². The molecule has 12 heavy (non-hydrogen) atoms. The second-order valence-electron chi connectivity index (χ2n) is 2.27. The molecule has 0 aliphatic carbocycles. The van der Waals surface area contributed by atoms with E-state index in [2.05, 4.69) is 22.9 Å². The molecule has 0 atom stereocenters. The highest BCUT2D eigenvalue weighted by molar-refractivity contribution is 7.80. The fourth-order valence-electron chi connectivity index (χ4n) is 0.803. The lowest BCUT2D eigenvalue weighted by atomic mass is 10.2. The molecule has 1 aromatic carbocycles. The predicted molar refractivity (Wildman–Crippen MR) is 54.2 cm³/mol. The van der Waals surface area contributed by atoms with Gasteiger partial charge in [-0.3, -0.25) is 4.79 Å². The summed E-state index contributed by atoms with van der Waals surface area (Å²) < 4.78 is 0. The van der Waals surface area contributed by atoms with Crippen molar-refractivity contribution in [1.82, 2.24) is 0 Å². The first-order valence-corrected chi connectivity index (χ1v) is 4.35. The summed E-state index contributed by atoms with van der Waals surface area (Å²) in [5.41, 5.74) is 0.967. The van der Waals surface area contributed by atoms with E-state index in [9.17, 15) is 4.79 Å². The maximum Gasteiger partial charge on any atom is 0.142 e. The van der Waals surface area contributed by atoms with E-state index in [1.807, 2.05) is 18.2 Å². The van der Waals surface area contributed by atoms with Gasteiger partial charge in [0.2, 0.25) is 0 Å². The molecule has 3 radical (unpaired) electrons. The molecule has 3 heteroatoms. The van der Waals surface area contributed by atoms with Gasteiger partial charge in [0.25, 0.3) is 0 Å².